The second-order valence-corrected chi connectivity index (χ2v) is 6.28. The lowest BCUT2D eigenvalue weighted by molar-refractivity contribution is 0.0907. The van der Waals surface area contributed by atoms with Crippen LogP contribution in [0.2, 0.25) is 5.02 Å². The van der Waals surface area contributed by atoms with Gasteiger partial charge in [0.1, 0.15) is 0 Å². The molecule has 1 aromatic rings. The molecule has 1 aliphatic rings. The molecule has 2 unspecified atom stereocenters. The lowest BCUT2D eigenvalue weighted by atomic mass is 9.84. The summed E-state index contributed by atoms with van der Waals surface area (Å²) in [7, 11) is 0. The molecule has 0 bridgehead atoms. The smallest absolute Gasteiger partial charge is 0.252 e. The van der Waals surface area contributed by atoms with E-state index in [0.717, 1.165) is 23.7 Å². The summed E-state index contributed by atoms with van der Waals surface area (Å²) in [5.74, 6) is 0.331. The molecule has 19 heavy (non-hydrogen) atoms. The van der Waals surface area contributed by atoms with E-state index in [9.17, 15) is 4.79 Å². The van der Waals surface area contributed by atoms with E-state index in [-0.39, 0.29) is 11.9 Å². The summed E-state index contributed by atoms with van der Waals surface area (Å²) in [5.41, 5.74) is 6.40. The largest absolute Gasteiger partial charge is 0.349 e. The lowest BCUT2D eigenvalue weighted by Gasteiger charge is -2.31. The van der Waals surface area contributed by atoms with Crippen molar-refractivity contribution in [3.8, 4) is 0 Å². The first kappa shape index (κ1) is 14.8. The first-order chi connectivity index (χ1) is 9.11. The highest BCUT2D eigenvalue weighted by atomic mass is 79.9. The maximum absolute atomic E-state index is 12.3. The fourth-order valence-corrected chi connectivity index (χ4v) is 3.46. The Morgan fingerprint density at radius 1 is 1.42 bits per heavy atom. The fraction of sp³-hybridized carbons (Fsp3) is 0.500. The summed E-state index contributed by atoms with van der Waals surface area (Å²) in [6, 6.07) is 5.39. The number of hydrogen-bond donors (Lipinski definition) is 2. The molecule has 3 nitrogen and oxygen atoms in total. The van der Waals surface area contributed by atoms with Crippen molar-refractivity contribution in [3.63, 3.8) is 0 Å². The molecule has 3 N–H and O–H groups in total. The summed E-state index contributed by atoms with van der Waals surface area (Å²) in [6.07, 6.45) is 4.48. The number of benzene rings is 1. The summed E-state index contributed by atoms with van der Waals surface area (Å²) < 4.78 is 0.720. The van der Waals surface area contributed by atoms with E-state index in [4.69, 9.17) is 17.3 Å². The minimum absolute atomic E-state index is 0.0612. The minimum Gasteiger partial charge on any atom is -0.349 e. The van der Waals surface area contributed by atoms with Gasteiger partial charge in [-0.1, -0.05) is 24.4 Å². The van der Waals surface area contributed by atoms with Crippen molar-refractivity contribution < 1.29 is 4.79 Å². The summed E-state index contributed by atoms with van der Waals surface area (Å²) >= 11 is 9.26. The lowest BCUT2D eigenvalue weighted by Crippen LogP contribution is -2.44. The molecular weight excluding hydrogens is 328 g/mol. The third-order valence-electron chi connectivity index (χ3n) is 3.70. The van der Waals surface area contributed by atoms with Gasteiger partial charge in [0.15, 0.2) is 0 Å². The van der Waals surface area contributed by atoms with E-state index in [1.54, 1.807) is 18.2 Å². The van der Waals surface area contributed by atoms with Gasteiger partial charge < -0.3 is 11.1 Å². The molecule has 2 atom stereocenters. The zero-order chi connectivity index (χ0) is 13.8. The number of nitrogens with one attached hydrogen (secondary N) is 1. The fourth-order valence-electron chi connectivity index (χ4n) is 2.60. The highest BCUT2D eigenvalue weighted by Gasteiger charge is 2.26. The molecule has 1 fully saturated rings. The van der Waals surface area contributed by atoms with Gasteiger partial charge in [-0.15, -0.1) is 0 Å². The maximum atomic E-state index is 12.3. The van der Waals surface area contributed by atoms with Gasteiger partial charge in [-0.25, -0.2) is 0 Å². The van der Waals surface area contributed by atoms with Crippen LogP contribution in [0.15, 0.2) is 22.7 Å². The van der Waals surface area contributed by atoms with Crippen LogP contribution in [0.1, 0.15) is 36.0 Å². The number of amides is 1. The Hall–Kier alpha value is -0.580. The average molecular weight is 346 g/mol. The van der Waals surface area contributed by atoms with Crippen molar-refractivity contribution in [2.75, 3.05) is 6.54 Å². The number of nitrogens with two attached hydrogens (primary N) is 1. The van der Waals surface area contributed by atoms with Gasteiger partial charge in [-0.2, -0.15) is 0 Å². The van der Waals surface area contributed by atoms with E-state index in [1.807, 2.05) is 0 Å². The molecular formula is C14H18BrClN2O. The number of halogens is 2. The Balaban J connectivity index is 2.07. The third kappa shape index (κ3) is 3.71. The van der Waals surface area contributed by atoms with E-state index in [0.29, 0.717) is 23.0 Å². The number of rotatable bonds is 3. The molecule has 104 valence electrons. The second-order valence-electron chi connectivity index (χ2n) is 4.98. The van der Waals surface area contributed by atoms with Crippen molar-refractivity contribution in [3.05, 3.63) is 33.3 Å². The first-order valence-corrected chi connectivity index (χ1v) is 7.75. The molecule has 0 heterocycles. The Morgan fingerprint density at radius 3 is 2.84 bits per heavy atom. The van der Waals surface area contributed by atoms with Crippen LogP contribution in [-0.2, 0) is 0 Å². The normalized spacial score (nSPS) is 23.1. The van der Waals surface area contributed by atoms with Crippen molar-refractivity contribution in [2.24, 2.45) is 11.7 Å². The quantitative estimate of drug-likeness (QED) is 0.882. The van der Waals surface area contributed by atoms with Gasteiger partial charge in [0.05, 0.1) is 5.56 Å². The van der Waals surface area contributed by atoms with Gasteiger partial charge >= 0.3 is 0 Å². The predicted molar refractivity (Wildman–Crippen MR) is 81.4 cm³/mol. The average Bonchev–Trinajstić information content (AvgIpc) is 2.39. The molecule has 0 aliphatic heterocycles. The zero-order valence-electron chi connectivity index (χ0n) is 10.7. The molecule has 1 saturated carbocycles. The van der Waals surface area contributed by atoms with Crippen LogP contribution in [-0.4, -0.2) is 18.5 Å². The van der Waals surface area contributed by atoms with Crippen LogP contribution in [0, 0.1) is 5.92 Å². The highest BCUT2D eigenvalue weighted by Crippen LogP contribution is 2.25. The summed E-state index contributed by atoms with van der Waals surface area (Å²) in [6.45, 7) is 0.632. The SMILES string of the molecule is NCC1CCCCC1NC(=O)c1ccc(Cl)cc1Br. The molecule has 0 spiro atoms. The van der Waals surface area contributed by atoms with Crippen molar-refractivity contribution in [1.29, 1.82) is 0 Å². The van der Waals surface area contributed by atoms with Crippen LogP contribution < -0.4 is 11.1 Å². The molecule has 2 rings (SSSR count). The van der Waals surface area contributed by atoms with Crippen LogP contribution in [0.5, 0.6) is 0 Å². The Bertz CT molecular complexity index is 467. The van der Waals surface area contributed by atoms with E-state index in [1.165, 1.54) is 6.42 Å². The van der Waals surface area contributed by atoms with E-state index in [2.05, 4.69) is 21.2 Å². The highest BCUT2D eigenvalue weighted by molar-refractivity contribution is 9.10. The summed E-state index contributed by atoms with van der Waals surface area (Å²) in [5, 5.41) is 3.72. The van der Waals surface area contributed by atoms with Crippen LogP contribution in [0.25, 0.3) is 0 Å². The molecule has 5 heteroatoms. The monoisotopic (exact) mass is 344 g/mol. The Kier molecular flexibility index (Phi) is 5.25. The van der Waals surface area contributed by atoms with Gasteiger partial charge in [-0.05, 0) is 59.4 Å². The molecule has 0 radical (unpaired) electrons. The molecule has 1 aromatic carbocycles. The van der Waals surface area contributed by atoms with E-state index < -0.39 is 0 Å². The first-order valence-electron chi connectivity index (χ1n) is 6.58. The molecule has 0 saturated heterocycles. The maximum Gasteiger partial charge on any atom is 0.252 e. The molecule has 0 aromatic heterocycles. The van der Waals surface area contributed by atoms with Gasteiger partial charge in [-0.3, -0.25) is 4.79 Å². The number of carbonyl (C=O) groups excluding carboxylic acids is 1. The third-order valence-corrected chi connectivity index (χ3v) is 4.60. The topological polar surface area (TPSA) is 55.1 Å². The Labute approximate surface area is 127 Å². The molecule has 1 amide bonds. The van der Waals surface area contributed by atoms with Gasteiger partial charge in [0.2, 0.25) is 0 Å². The summed E-state index contributed by atoms with van der Waals surface area (Å²) in [4.78, 5) is 12.3. The van der Waals surface area contributed by atoms with Gasteiger partial charge in [0.25, 0.3) is 5.91 Å². The second kappa shape index (κ2) is 6.73. The van der Waals surface area contributed by atoms with Gasteiger partial charge in [0, 0.05) is 15.5 Å². The standard InChI is InChI=1S/C14H18BrClN2O/c15-12-7-10(16)5-6-11(12)14(19)18-13-4-2-1-3-9(13)8-17/h5-7,9,13H,1-4,8,17H2,(H,18,19). The zero-order valence-corrected chi connectivity index (χ0v) is 13.0. The minimum atomic E-state index is -0.0612. The Morgan fingerprint density at radius 2 is 2.16 bits per heavy atom. The van der Waals surface area contributed by atoms with Crippen LogP contribution in [0.4, 0.5) is 0 Å². The number of carbonyl (C=O) groups is 1. The van der Waals surface area contributed by atoms with E-state index >= 15 is 0 Å². The molecule has 1 aliphatic carbocycles. The van der Waals surface area contributed by atoms with Crippen molar-refractivity contribution in [1.82, 2.24) is 5.32 Å². The number of hydrogen-bond acceptors (Lipinski definition) is 2. The van der Waals surface area contributed by atoms with Crippen molar-refractivity contribution in [2.45, 2.75) is 31.7 Å². The van der Waals surface area contributed by atoms with Crippen LogP contribution >= 0.6 is 27.5 Å². The van der Waals surface area contributed by atoms with Crippen molar-refractivity contribution >= 4 is 33.4 Å². The predicted octanol–water partition coefficient (Wildman–Crippen LogP) is 3.35. The van der Waals surface area contributed by atoms with Crippen LogP contribution in [0.3, 0.4) is 0 Å².